The Balaban J connectivity index is 1.50. The van der Waals surface area contributed by atoms with Crippen LogP contribution in [0, 0.1) is 12.7 Å². The number of nitrogens with zero attached hydrogens (tertiary/aromatic N) is 3. The Morgan fingerprint density at radius 1 is 1.12 bits per heavy atom. The fourth-order valence-corrected chi connectivity index (χ4v) is 3.51. The number of aliphatic hydroxyl groups is 1. The lowest BCUT2D eigenvalue weighted by atomic mass is 10.1. The number of nitrogens with one attached hydrogen (secondary N) is 1. The van der Waals surface area contributed by atoms with E-state index in [0.717, 1.165) is 24.8 Å². The summed E-state index contributed by atoms with van der Waals surface area (Å²) in [6.07, 6.45) is 2.54. The van der Waals surface area contributed by atoms with Crippen molar-refractivity contribution in [1.29, 1.82) is 0 Å². The minimum absolute atomic E-state index is 0.0930. The van der Waals surface area contributed by atoms with Crippen molar-refractivity contribution in [1.82, 2.24) is 19.5 Å². The Bertz CT molecular complexity index is 1300. The lowest BCUT2D eigenvalue weighted by molar-refractivity contribution is 0.284. The van der Waals surface area contributed by atoms with Crippen LogP contribution in [0.4, 0.5) is 10.2 Å². The molecule has 0 fully saturated rings. The van der Waals surface area contributed by atoms with Gasteiger partial charge in [0.25, 0.3) is 0 Å². The van der Waals surface area contributed by atoms with E-state index < -0.39 is 11.5 Å². The number of imidazole rings is 1. The SMILES string of the molecule is Cc1nc(N)c2[nH]c(=O)n(Cc3ccc(Oc4ccc(CCCCO)cc4)c(F)c3)c2n1. The van der Waals surface area contributed by atoms with Crippen LogP contribution in [-0.4, -0.2) is 31.2 Å². The number of unbranched alkanes of at least 4 members (excludes halogenated alkanes) is 1. The van der Waals surface area contributed by atoms with Gasteiger partial charge in [0.15, 0.2) is 23.0 Å². The molecule has 2 aromatic heterocycles. The number of aromatic nitrogens is 4. The zero-order chi connectivity index (χ0) is 22.7. The molecule has 2 heterocycles. The van der Waals surface area contributed by atoms with Gasteiger partial charge in [-0.1, -0.05) is 18.2 Å². The van der Waals surface area contributed by atoms with Gasteiger partial charge < -0.3 is 20.6 Å². The van der Waals surface area contributed by atoms with Gasteiger partial charge in [0.1, 0.15) is 17.1 Å². The standard InChI is InChI=1S/C23H24FN5O3/c1-14-26-21(25)20-22(27-14)29(23(31)28-20)13-16-7-10-19(18(24)12-16)32-17-8-5-15(6-9-17)4-2-3-11-30/h5-10,12,30H,2-4,11,13H2,1H3,(H,28,31)(H2,25,26,27). The number of hydrogen-bond donors (Lipinski definition) is 3. The molecule has 166 valence electrons. The molecule has 2 aromatic carbocycles. The second-order valence-electron chi connectivity index (χ2n) is 7.56. The molecule has 4 N–H and O–H groups in total. The highest BCUT2D eigenvalue weighted by molar-refractivity contribution is 5.81. The lowest BCUT2D eigenvalue weighted by Gasteiger charge is -2.10. The highest BCUT2D eigenvalue weighted by Gasteiger charge is 2.14. The van der Waals surface area contributed by atoms with Crippen LogP contribution in [0.5, 0.6) is 11.5 Å². The fraction of sp³-hybridized carbons (Fsp3) is 0.261. The van der Waals surface area contributed by atoms with Crippen LogP contribution in [-0.2, 0) is 13.0 Å². The van der Waals surface area contributed by atoms with Crippen molar-refractivity contribution in [2.45, 2.75) is 32.7 Å². The lowest BCUT2D eigenvalue weighted by Crippen LogP contribution is -2.18. The minimum Gasteiger partial charge on any atom is -0.454 e. The molecule has 32 heavy (non-hydrogen) atoms. The van der Waals surface area contributed by atoms with Crippen molar-refractivity contribution < 1.29 is 14.2 Å². The van der Waals surface area contributed by atoms with Crippen LogP contribution in [0.25, 0.3) is 11.2 Å². The number of H-pyrrole nitrogens is 1. The molecule has 0 amide bonds. The third-order valence-electron chi connectivity index (χ3n) is 5.12. The first-order valence-corrected chi connectivity index (χ1v) is 10.3. The number of halogens is 1. The zero-order valence-corrected chi connectivity index (χ0v) is 17.6. The van der Waals surface area contributed by atoms with Crippen LogP contribution in [0.3, 0.4) is 0 Å². The average Bonchev–Trinajstić information content (AvgIpc) is 3.07. The molecule has 0 unspecified atom stereocenters. The number of nitrogens with two attached hydrogens (primary N) is 1. The van der Waals surface area contributed by atoms with Crippen LogP contribution >= 0.6 is 0 Å². The first-order valence-electron chi connectivity index (χ1n) is 10.3. The summed E-state index contributed by atoms with van der Waals surface area (Å²) in [5.74, 6) is 0.719. The van der Waals surface area contributed by atoms with Gasteiger partial charge in [-0.3, -0.25) is 4.57 Å². The number of anilines is 1. The number of nitrogen functional groups attached to an aromatic ring is 1. The first kappa shape index (κ1) is 21.5. The Kier molecular flexibility index (Phi) is 6.18. The second-order valence-corrected chi connectivity index (χ2v) is 7.56. The number of aromatic amines is 1. The van der Waals surface area contributed by atoms with E-state index in [1.807, 2.05) is 12.1 Å². The molecule has 0 saturated carbocycles. The summed E-state index contributed by atoms with van der Waals surface area (Å²) in [6, 6.07) is 12.0. The molecule has 9 heteroatoms. The molecule has 0 atom stereocenters. The van der Waals surface area contributed by atoms with Gasteiger partial charge >= 0.3 is 5.69 Å². The number of ether oxygens (including phenoxy) is 1. The molecule has 0 spiro atoms. The van der Waals surface area contributed by atoms with Crippen LogP contribution in [0.2, 0.25) is 0 Å². The van der Waals surface area contributed by atoms with Crippen molar-refractivity contribution >= 4 is 17.0 Å². The summed E-state index contributed by atoms with van der Waals surface area (Å²) < 4.78 is 21.8. The monoisotopic (exact) mass is 437 g/mol. The Morgan fingerprint density at radius 2 is 1.88 bits per heavy atom. The Hall–Kier alpha value is -3.72. The first-order chi connectivity index (χ1) is 15.4. The molecule has 0 aliphatic heterocycles. The van der Waals surface area contributed by atoms with E-state index in [4.69, 9.17) is 15.6 Å². The van der Waals surface area contributed by atoms with Gasteiger partial charge in [-0.25, -0.2) is 19.2 Å². The summed E-state index contributed by atoms with van der Waals surface area (Å²) in [5, 5.41) is 8.87. The quantitative estimate of drug-likeness (QED) is 0.364. The Morgan fingerprint density at radius 3 is 2.59 bits per heavy atom. The average molecular weight is 437 g/mol. The molecular weight excluding hydrogens is 413 g/mol. The topological polar surface area (TPSA) is 119 Å². The maximum absolute atomic E-state index is 14.7. The number of rotatable bonds is 8. The van der Waals surface area contributed by atoms with Gasteiger partial charge in [0.05, 0.1) is 6.54 Å². The third-order valence-corrected chi connectivity index (χ3v) is 5.12. The number of fused-ring (bicyclic) bond motifs is 1. The van der Waals surface area contributed by atoms with Gasteiger partial charge in [-0.15, -0.1) is 0 Å². The number of aliphatic hydroxyl groups excluding tert-OH is 1. The normalized spacial score (nSPS) is 11.2. The minimum atomic E-state index is -0.535. The van der Waals surface area contributed by atoms with Gasteiger partial charge in [0.2, 0.25) is 0 Å². The molecule has 0 radical (unpaired) electrons. The van der Waals surface area contributed by atoms with E-state index in [1.54, 1.807) is 25.1 Å². The van der Waals surface area contributed by atoms with E-state index in [0.29, 0.717) is 28.3 Å². The van der Waals surface area contributed by atoms with E-state index in [-0.39, 0.29) is 24.7 Å². The largest absolute Gasteiger partial charge is 0.454 e. The highest BCUT2D eigenvalue weighted by Crippen LogP contribution is 2.26. The van der Waals surface area contributed by atoms with Crippen LogP contribution in [0.15, 0.2) is 47.3 Å². The second kappa shape index (κ2) is 9.19. The summed E-state index contributed by atoms with van der Waals surface area (Å²) in [4.78, 5) is 23.4. The molecule has 4 rings (SSSR count). The van der Waals surface area contributed by atoms with Gasteiger partial charge in [0, 0.05) is 6.61 Å². The summed E-state index contributed by atoms with van der Waals surface area (Å²) in [7, 11) is 0. The van der Waals surface area contributed by atoms with E-state index in [2.05, 4.69) is 15.0 Å². The van der Waals surface area contributed by atoms with Gasteiger partial charge in [-0.2, -0.15) is 0 Å². The van der Waals surface area contributed by atoms with E-state index >= 15 is 0 Å². The smallest absolute Gasteiger partial charge is 0.328 e. The predicted octanol–water partition coefficient (Wildman–Crippen LogP) is 3.30. The molecule has 4 aromatic rings. The van der Waals surface area contributed by atoms with Gasteiger partial charge in [-0.05, 0) is 61.6 Å². The number of benzene rings is 2. The molecule has 0 aliphatic carbocycles. The fourth-order valence-electron chi connectivity index (χ4n) is 3.51. The van der Waals surface area contributed by atoms with Crippen molar-refractivity contribution in [3.63, 3.8) is 0 Å². The molecule has 0 bridgehead atoms. The van der Waals surface area contributed by atoms with Crippen molar-refractivity contribution in [2.24, 2.45) is 0 Å². The number of aryl methyl sites for hydroxylation is 2. The third kappa shape index (κ3) is 4.62. The predicted molar refractivity (Wildman–Crippen MR) is 119 cm³/mol. The summed E-state index contributed by atoms with van der Waals surface area (Å²) in [5.41, 5.74) is 7.91. The zero-order valence-electron chi connectivity index (χ0n) is 17.6. The van der Waals surface area contributed by atoms with Crippen LogP contribution < -0.4 is 16.2 Å². The molecular formula is C23H24FN5O3. The molecule has 8 nitrogen and oxygen atoms in total. The van der Waals surface area contributed by atoms with Crippen molar-refractivity contribution in [3.8, 4) is 11.5 Å². The van der Waals surface area contributed by atoms with E-state index in [9.17, 15) is 9.18 Å². The highest BCUT2D eigenvalue weighted by atomic mass is 19.1. The maximum atomic E-state index is 14.7. The summed E-state index contributed by atoms with van der Waals surface area (Å²) in [6.45, 7) is 1.99. The summed E-state index contributed by atoms with van der Waals surface area (Å²) >= 11 is 0. The molecule has 0 saturated heterocycles. The maximum Gasteiger partial charge on any atom is 0.328 e. The van der Waals surface area contributed by atoms with Crippen molar-refractivity contribution in [3.05, 3.63) is 75.7 Å². The van der Waals surface area contributed by atoms with Crippen molar-refractivity contribution in [2.75, 3.05) is 12.3 Å². The van der Waals surface area contributed by atoms with E-state index in [1.165, 1.54) is 16.7 Å². The Labute approximate surface area is 183 Å². The molecule has 0 aliphatic rings. The van der Waals surface area contributed by atoms with Crippen LogP contribution in [0.1, 0.15) is 29.8 Å². The number of hydrogen-bond acceptors (Lipinski definition) is 6.